The zero-order chi connectivity index (χ0) is 15.6. The van der Waals surface area contributed by atoms with Crippen molar-refractivity contribution < 1.29 is 5.11 Å². The first kappa shape index (κ1) is 21.0. The van der Waals surface area contributed by atoms with Crippen molar-refractivity contribution in [2.75, 3.05) is 6.61 Å². The van der Waals surface area contributed by atoms with Gasteiger partial charge in [0.25, 0.3) is 0 Å². The molecule has 1 N–H and O–H groups in total. The molecule has 1 unspecified atom stereocenters. The molecule has 0 aromatic heterocycles. The summed E-state index contributed by atoms with van der Waals surface area (Å²) in [7, 11) is 0. The zero-order valence-corrected chi connectivity index (χ0v) is 15.0. The molecule has 0 saturated carbocycles. The van der Waals surface area contributed by atoms with Crippen molar-refractivity contribution in [2.45, 2.75) is 117 Å². The predicted octanol–water partition coefficient (Wildman–Crippen LogP) is 6.88. The van der Waals surface area contributed by atoms with E-state index in [1.54, 1.807) is 0 Å². The number of aliphatic hydroxyl groups excluding tert-OH is 1. The second-order valence-electron chi connectivity index (χ2n) is 7.00. The normalized spacial score (nSPS) is 12.7. The topological polar surface area (TPSA) is 20.2 Å². The lowest BCUT2D eigenvalue weighted by Crippen LogP contribution is -1.95. The summed E-state index contributed by atoms with van der Waals surface area (Å²) in [4.78, 5) is 0. The molecule has 0 spiro atoms. The second kappa shape index (κ2) is 18.0. The minimum Gasteiger partial charge on any atom is -0.396 e. The first-order chi connectivity index (χ1) is 10.3. The Hall–Kier alpha value is -0.0400. The maximum atomic E-state index is 8.71. The zero-order valence-electron chi connectivity index (χ0n) is 15.0. The molecule has 0 aliphatic heterocycles. The summed E-state index contributed by atoms with van der Waals surface area (Å²) in [5.74, 6) is 0.945. The van der Waals surface area contributed by atoms with Gasteiger partial charge in [-0.3, -0.25) is 0 Å². The van der Waals surface area contributed by atoms with Crippen LogP contribution in [-0.2, 0) is 0 Å². The molecule has 1 atom stereocenters. The van der Waals surface area contributed by atoms with Crippen molar-refractivity contribution in [2.24, 2.45) is 5.92 Å². The van der Waals surface area contributed by atoms with E-state index in [0.717, 1.165) is 12.3 Å². The Bertz CT molecular complexity index is 179. The molecule has 1 nitrogen and oxygen atoms in total. The molecule has 0 rings (SSSR count). The van der Waals surface area contributed by atoms with Gasteiger partial charge in [0.2, 0.25) is 0 Å². The third kappa shape index (κ3) is 17.9. The Kier molecular flexibility index (Phi) is 18.0. The van der Waals surface area contributed by atoms with Gasteiger partial charge in [-0.05, 0) is 12.3 Å². The van der Waals surface area contributed by atoms with Crippen molar-refractivity contribution in [1.29, 1.82) is 0 Å². The highest BCUT2D eigenvalue weighted by Gasteiger charge is 2.02. The molecule has 0 saturated heterocycles. The summed E-state index contributed by atoms with van der Waals surface area (Å²) in [6.45, 7) is 5.11. The van der Waals surface area contributed by atoms with Crippen LogP contribution < -0.4 is 0 Å². The lowest BCUT2D eigenvalue weighted by Gasteiger charge is -2.11. The van der Waals surface area contributed by atoms with Gasteiger partial charge in [0, 0.05) is 6.61 Å². The molecule has 21 heavy (non-hydrogen) atoms. The fraction of sp³-hybridized carbons (Fsp3) is 1.00. The largest absolute Gasteiger partial charge is 0.396 e. The highest BCUT2D eigenvalue weighted by atomic mass is 16.2. The van der Waals surface area contributed by atoms with Gasteiger partial charge in [-0.2, -0.15) is 0 Å². The molecule has 1 heteroatoms. The summed E-state index contributed by atoms with van der Waals surface area (Å²) >= 11 is 0. The van der Waals surface area contributed by atoms with Crippen LogP contribution in [0.25, 0.3) is 0 Å². The van der Waals surface area contributed by atoms with E-state index >= 15 is 0 Å². The van der Waals surface area contributed by atoms with Gasteiger partial charge in [0.05, 0.1) is 0 Å². The highest BCUT2D eigenvalue weighted by Crippen LogP contribution is 2.18. The van der Waals surface area contributed by atoms with Crippen LogP contribution in [0, 0.1) is 5.92 Å². The van der Waals surface area contributed by atoms with Crippen molar-refractivity contribution in [3.8, 4) is 0 Å². The minimum absolute atomic E-state index is 0.372. The van der Waals surface area contributed by atoms with Gasteiger partial charge in [0.15, 0.2) is 0 Å². The predicted molar refractivity (Wildman–Crippen MR) is 95.8 cm³/mol. The molecule has 128 valence electrons. The van der Waals surface area contributed by atoms with E-state index in [9.17, 15) is 0 Å². The minimum atomic E-state index is 0.372. The standard InChI is InChI=1S/C20H42O/c1-3-4-5-6-11-14-17-20(2)18-15-12-9-7-8-10-13-16-19-21/h20-21H,3-19H2,1-2H3. The van der Waals surface area contributed by atoms with Gasteiger partial charge in [-0.1, -0.05) is 110 Å². The third-order valence-corrected chi connectivity index (χ3v) is 4.66. The average molecular weight is 299 g/mol. The van der Waals surface area contributed by atoms with E-state index in [1.807, 2.05) is 0 Å². The van der Waals surface area contributed by atoms with Crippen LogP contribution >= 0.6 is 0 Å². The van der Waals surface area contributed by atoms with Crippen LogP contribution in [0.1, 0.15) is 117 Å². The Labute approximate surface area is 134 Å². The molecule has 0 fully saturated rings. The van der Waals surface area contributed by atoms with E-state index in [0.29, 0.717) is 6.61 Å². The van der Waals surface area contributed by atoms with Crippen LogP contribution in [0.4, 0.5) is 0 Å². The van der Waals surface area contributed by atoms with E-state index in [4.69, 9.17) is 5.11 Å². The SMILES string of the molecule is CCCCCCCCC(C)CCCCCCCCCCO. The molecule has 0 radical (unpaired) electrons. The molecule has 0 aromatic carbocycles. The van der Waals surface area contributed by atoms with Gasteiger partial charge in [-0.25, -0.2) is 0 Å². The summed E-state index contributed by atoms with van der Waals surface area (Å²) in [6, 6.07) is 0. The Morgan fingerprint density at radius 3 is 1.38 bits per heavy atom. The molecular weight excluding hydrogens is 256 g/mol. The van der Waals surface area contributed by atoms with Gasteiger partial charge >= 0.3 is 0 Å². The average Bonchev–Trinajstić information content (AvgIpc) is 2.49. The number of aliphatic hydroxyl groups is 1. The first-order valence-electron chi connectivity index (χ1n) is 9.92. The Morgan fingerprint density at radius 2 is 0.952 bits per heavy atom. The van der Waals surface area contributed by atoms with Gasteiger partial charge in [-0.15, -0.1) is 0 Å². The number of rotatable bonds is 17. The van der Waals surface area contributed by atoms with Crippen LogP contribution in [0.15, 0.2) is 0 Å². The number of hydrogen-bond acceptors (Lipinski definition) is 1. The first-order valence-corrected chi connectivity index (χ1v) is 9.92. The monoisotopic (exact) mass is 298 g/mol. The molecule has 0 aromatic rings. The Balaban J connectivity index is 3.10. The fourth-order valence-electron chi connectivity index (χ4n) is 3.08. The van der Waals surface area contributed by atoms with Crippen molar-refractivity contribution >= 4 is 0 Å². The van der Waals surface area contributed by atoms with E-state index < -0.39 is 0 Å². The van der Waals surface area contributed by atoms with Crippen LogP contribution in [0.5, 0.6) is 0 Å². The molecule has 0 heterocycles. The molecular formula is C20H42O. The Morgan fingerprint density at radius 1 is 0.571 bits per heavy atom. The van der Waals surface area contributed by atoms with Crippen molar-refractivity contribution in [1.82, 2.24) is 0 Å². The maximum Gasteiger partial charge on any atom is 0.0431 e. The smallest absolute Gasteiger partial charge is 0.0431 e. The number of unbranched alkanes of at least 4 members (excludes halogenated alkanes) is 12. The highest BCUT2D eigenvalue weighted by molar-refractivity contribution is 4.56. The lowest BCUT2D eigenvalue weighted by atomic mass is 9.96. The van der Waals surface area contributed by atoms with Gasteiger partial charge < -0.3 is 5.11 Å². The summed E-state index contributed by atoms with van der Waals surface area (Å²) < 4.78 is 0. The van der Waals surface area contributed by atoms with E-state index in [1.165, 1.54) is 96.3 Å². The molecule has 0 aliphatic carbocycles. The summed E-state index contributed by atoms with van der Waals surface area (Å²) in [6.07, 6.45) is 22.1. The summed E-state index contributed by atoms with van der Waals surface area (Å²) in [5.41, 5.74) is 0. The second-order valence-corrected chi connectivity index (χ2v) is 7.00. The van der Waals surface area contributed by atoms with E-state index in [2.05, 4.69) is 13.8 Å². The van der Waals surface area contributed by atoms with Crippen LogP contribution in [0.2, 0.25) is 0 Å². The summed E-state index contributed by atoms with van der Waals surface area (Å²) in [5, 5.41) is 8.71. The van der Waals surface area contributed by atoms with E-state index in [-0.39, 0.29) is 0 Å². The fourth-order valence-corrected chi connectivity index (χ4v) is 3.08. The molecule has 0 amide bonds. The van der Waals surface area contributed by atoms with Crippen LogP contribution in [0.3, 0.4) is 0 Å². The maximum absolute atomic E-state index is 8.71. The van der Waals surface area contributed by atoms with Crippen molar-refractivity contribution in [3.05, 3.63) is 0 Å². The third-order valence-electron chi connectivity index (χ3n) is 4.66. The number of hydrogen-bond donors (Lipinski definition) is 1. The van der Waals surface area contributed by atoms with Crippen LogP contribution in [-0.4, -0.2) is 11.7 Å². The van der Waals surface area contributed by atoms with Gasteiger partial charge in [0.1, 0.15) is 0 Å². The molecule has 0 aliphatic rings. The molecule has 0 bridgehead atoms. The lowest BCUT2D eigenvalue weighted by molar-refractivity contribution is 0.282. The quantitative estimate of drug-likeness (QED) is 0.290. The van der Waals surface area contributed by atoms with Crippen molar-refractivity contribution in [3.63, 3.8) is 0 Å².